The summed E-state index contributed by atoms with van der Waals surface area (Å²) in [5.74, 6) is -0.330. The summed E-state index contributed by atoms with van der Waals surface area (Å²) in [5.41, 5.74) is 5.56. The van der Waals surface area contributed by atoms with Crippen LogP contribution in [0.25, 0.3) is 0 Å². The van der Waals surface area contributed by atoms with Crippen LogP contribution >= 0.6 is 0 Å². The minimum absolute atomic E-state index is 0.127. The van der Waals surface area contributed by atoms with E-state index in [9.17, 15) is 14.4 Å². The zero-order valence-corrected chi connectivity index (χ0v) is 12.1. The maximum absolute atomic E-state index is 11.8. The van der Waals surface area contributed by atoms with Gasteiger partial charge in [-0.05, 0) is 31.7 Å². The summed E-state index contributed by atoms with van der Waals surface area (Å²) in [6, 6.07) is -0.570. The van der Waals surface area contributed by atoms with Gasteiger partial charge in [0.05, 0.1) is 0 Å². The molecule has 1 fully saturated rings. The van der Waals surface area contributed by atoms with Crippen molar-refractivity contribution >= 4 is 17.7 Å². The molecule has 1 rings (SSSR count). The van der Waals surface area contributed by atoms with Crippen molar-refractivity contribution in [1.29, 1.82) is 0 Å². The van der Waals surface area contributed by atoms with Gasteiger partial charge in [-0.25, -0.2) is 0 Å². The Morgan fingerprint density at radius 3 is 2.75 bits per heavy atom. The second-order valence-electron chi connectivity index (χ2n) is 5.34. The quantitative estimate of drug-likeness (QED) is 0.563. The summed E-state index contributed by atoms with van der Waals surface area (Å²) < 4.78 is 0. The van der Waals surface area contributed by atoms with Crippen molar-refractivity contribution in [3.63, 3.8) is 0 Å². The van der Waals surface area contributed by atoms with Crippen LogP contribution in [0.3, 0.4) is 0 Å². The average molecular weight is 283 g/mol. The summed E-state index contributed by atoms with van der Waals surface area (Å²) >= 11 is 0. The molecule has 3 amide bonds. The van der Waals surface area contributed by atoms with E-state index in [-0.39, 0.29) is 18.2 Å². The third-order valence-corrected chi connectivity index (χ3v) is 3.63. The van der Waals surface area contributed by atoms with E-state index in [0.717, 1.165) is 25.7 Å². The fraction of sp³-hybridized carbons (Fsp3) is 0.786. The van der Waals surface area contributed by atoms with Gasteiger partial charge in [0.15, 0.2) is 0 Å². The maximum Gasteiger partial charge on any atom is 0.249 e. The third-order valence-electron chi connectivity index (χ3n) is 3.63. The van der Waals surface area contributed by atoms with Crippen molar-refractivity contribution < 1.29 is 14.4 Å². The molecule has 1 heterocycles. The molecule has 2 unspecified atom stereocenters. The Hall–Kier alpha value is -1.43. The van der Waals surface area contributed by atoms with Crippen molar-refractivity contribution in [3.05, 3.63) is 0 Å². The lowest BCUT2D eigenvalue weighted by atomic mass is 9.94. The van der Waals surface area contributed by atoms with Crippen LogP contribution in [0, 0.1) is 5.92 Å². The lowest BCUT2D eigenvalue weighted by Gasteiger charge is -2.22. The second kappa shape index (κ2) is 8.68. The molecule has 0 bridgehead atoms. The molecule has 1 saturated heterocycles. The van der Waals surface area contributed by atoms with Crippen molar-refractivity contribution in [3.8, 4) is 0 Å². The van der Waals surface area contributed by atoms with Crippen molar-refractivity contribution in [2.75, 3.05) is 6.54 Å². The number of piperidine rings is 1. The Morgan fingerprint density at radius 1 is 1.40 bits per heavy atom. The molecule has 0 aromatic rings. The highest BCUT2D eigenvalue weighted by Crippen LogP contribution is 2.17. The molecule has 1 aliphatic heterocycles. The van der Waals surface area contributed by atoms with Gasteiger partial charge in [-0.15, -0.1) is 0 Å². The standard InChI is InChI=1S/C14H25N3O3/c1-2-3-10(8-9-15)4-6-12(18)16-11-5-7-13(19)17-14(11)20/h10-11H,2-9,15H2,1H3,(H,16,18)(H,17,19,20). The number of hydrogen-bond acceptors (Lipinski definition) is 4. The second-order valence-corrected chi connectivity index (χ2v) is 5.34. The van der Waals surface area contributed by atoms with Gasteiger partial charge in [0, 0.05) is 12.8 Å². The largest absolute Gasteiger partial charge is 0.344 e. The lowest BCUT2D eigenvalue weighted by Crippen LogP contribution is -2.52. The van der Waals surface area contributed by atoms with Crippen molar-refractivity contribution in [2.45, 2.75) is 57.9 Å². The molecule has 2 atom stereocenters. The summed E-state index contributed by atoms with van der Waals surface area (Å²) in [6.07, 6.45) is 4.95. The van der Waals surface area contributed by atoms with E-state index in [2.05, 4.69) is 17.6 Å². The maximum atomic E-state index is 11.8. The Labute approximate surface area is 119 Å². The number of carbonyl (C=O) groups excluding carboxylic acids is 3. The number of nitrogens with two attached hydrogens (primary N) is 1. The number of nitrogens with one attached hydrogen (secondary N) is 2. The van der Waals surface area contributed by atoms with E-state index in [0.29, 0.717) is 25.3 Å². The van der Waals surface area contributed by atoms with Crippen LogP contribution in [-0.4, -0.2) is 30.3 Å². The number of amides is 3. The normalized spacial score (nSPS) is 20.4. The van der Waals surface area contributed by atoms with Crippen molar-refractivity contribution in [2.24, 2.45) is 11.7 Å². The van der Waals surface area contributed by atoms with Crippen molar-refractivity contribution in [1.82, 2.24) is 10.6 Å². The molecule has 6 nitrogen and oxygen atoms in total. The van der Waals surface area contributed by atoms with Gasteiger partial charge in [0.2, 0.25) is 17.7 Å². The first kappa shape index (κ1) is 16.6. The zero-order chi connectivity index (χ0) is 15.0. The molecule has 0 saturated carbocycles. The fourth-order valence-corrected chi connectivity index (χ4v) is 2.51. The molecule has 0 radical (unpaired) electrons. The number of carbonyl (C=O) groups is 3. The smallest absolute Gasteiger partial charge is 0.249 e. The van der Waals surface area contributed by atoms with Gasteiger partial charge in [0.1, 0.15) is 6.04 Å². The SMILES string of the molecule is CCCC(CCN)CCC(=O)NC1CCC(=O)NC1=O. The van der Waals surface area contributed by atoms with E-state index < -0.39 is 11.9 Å². The Morgan fingerprint density at radius 2 is 2.15 bits per heavy atom. The number of rotatable bonds is 8. The molecule has 0 spiro atoms. The van der Waals surface area contributed by atoms with Crippen LogP contribution in [0.1, 0.15) is 51.9 Å². The zero-order valence-electron chi connectivity index (χ0n) is 12.1. The molecule has 0 aliphatic carbocycles. The van der Waals surface area contributed by atoms with Gasteiger partial charge >= 0.3 is 0 Å². The van der Waals surface area contributed by atoms with E-state index in [1.165, 1.54) is 0 Å². The topological polar surface area (TPSA) is 101 Å². The molecule has 1 aliphatic rings. The molecular weight excluding hydrogens is 258 g/mol. The lowest BCUT2D eigenvalue weighted by molar-refractivity contribution is -0.137. The summed E-state index contributed by atoms with van der Waals surface area (Å²) in [7, 11) is 0. The summed E-state index contributed by atoms with van der Waals surface area (Å²) in [5, 5.41) is 4.93. The Balaban J connectivity index is 2.32. The number of imide groups is 1. The van der Waals surface area contributed by atoms with E-state index in [1.54, 1.807) is 0 Å². The average Bonchev–Trinajstić information content (AvgIpc) is 2.40. The summed E-state index contributed by atoms with van der Waals surface area (Å²) in [4.78, 5) is 34.4. The minimum Gasteiger partial charge on any atom is -0.344 e. The molecular formula is C14H25N3O3. The molecule has 20 heavy (non-hydrogen) atoms. The van der Waals surface area contributed by atoms with E-state index in [4.69, 9.17) is 5.73 Å². The van der Waals surface area contributed by atoms with Crippen LogP contribution in [-0.2, 0) is 14.4 Å². The van der Waals surface area contributed by atoms with Gasteiger partial charge in [0.25, 0.3) is 0 Å². The molecule has 4 N–H and O–H groups in total. The molecule has 0 aromatic carbocycles. The predicted molar refractivity (Wildman–Crippen MR) is 75.6 cm³/mol. The first-order chi connectivity index (χ1) is 9.56. The Bertz CT molecular complexity index is 352. The third kappa shape index (κ3) is 5.69. The highest BCUT2D eigenvalue weighted by molar-refractivity contribution is 6.01. The number of hydrogen-bond donors (Lipinski definition) is 3. The van der Waals surface area contributed by atoms with Gasteiger partial charge in [-0.3, -0.25) is 19.7 Å². The van der Waals surface area contributed by atoms with Gasteiger partial charge < -0.3 is 11.1 Å². The van der Waals surface area contributed by atoms with Gasteiger partial charge in [-0.1, -0.05) is 19.8 Å². The van der Waals surface area contributed by atoms with Crippen LogP contribution in [0.5, 0.6) is 0 Å². The first-order valence-corrected chi connectivity index (χ1v) is 7.40. The molecule has 0 aromatic heterocycles. The molecule has 6 heteroatoms. The van der Waals surface area contributed by atoms with Crippen LogP contribution < -0.4 is 16.4 Å². The van der Waals surface area contributed by atoms with Crippen LogP contribution in [0.15, 0.2) is 0 Å². The van der Waals surface area contributed by atoms with E-state index in [1.807, 2.05) is 0 Å². The minimum atomic E-state index is -0.570. The Kier molecular flexibility index (Phi) is 7.22. The van der Waals surface area contributed by atoms with Gasteiger partial charge in [-0.2, -0.15) is 0 Å². The predicted octanol–water partition coefficient (Wildman–Crippen LogP) is 0.453. The van der Waals surface area contributed by atoms with Crippen LogP contribution in [0.2, 0.25) is 0 Å². The highest BCUT2D eigenvalue weighted by atomic mass is 16.2. The van der Waals surface area contributed by atoms with E-state index >= 15 is 0 Å². The summed E-state index contributed by atoms with van der Waals surface area (Å²) in [6.45, 7) is 2.76. The van der Waals surface area contributed by atoms with Crippen LogP contribution in [0.4, 0.5) is 0 Å². The molecule has 114 valence electrons. The highest BCUT2D eigenvalue weighted by Gasteiger charge is 2.27. The monoisotopic (exact) mass is 283 g/mol. The first-order valence-electron chi connectivity index (χ1n) is 7.40. The fourth-order valence-electron chi connectivity index (χ4n) is 2.51.